The molecule has 2 heterocycles. The van der Waals surface area contributed by atoms with Gasteiger partial charge in [-0.2, -0.15) is 0 Å². The molecule has 29 N–H and O–H groups in total. The molecule has 1 fully saturated rings. The van der Waals surface area contributed by atoms with E-state index in [2.05, 4.69) is 75.7 Å². The third kappa shape index (κ3) is 38.6. The van der Waals surface area contributed by atoms with Crippen molar-refractivity contribution < 1.29 is 131 Å². The van der Waals surface area contributed by atoms with E-state index in [4.69, 9.17) is 27.7 Å². The molecule has 0 bridgehead atoms. The summed E-state index contributed by atoms with van der Waals surface area (Å²) in [6, 6.07) is -13.1. The van der Waals surface area contributed by atoms with E-state index < -0.39 is 274 Å². The first-order chi connectivity index (χ1) is 60.7. The highest BCUT2D eigenvalue weighted by Crippen LogP contribution is 2.22. The molecule has 16 amide bonds. The number of nitrogens with one attached hydrogen (secondary N) is 16. The molecule has 14 unspecified atom stereocenters. The number of amides is 16. The molecule has 1 aromatic heterocycles. The van der Waals surface area contributed by atoms with Crippen molar-refractivity contribution in [2.75, 3.05) is 45.1 Å². The number of ether oxygens (including phenoxy) is 1. The van der Waals surface area contributed by atoms with E-state index in [1.165, 1.54) is 37.1 Å². The Hall–Kier alpha value is -13.5. The number of rotatable bonds is 44. The Kier molecular flexibility index (Phi) is 46.6. The summed E-state index contributed by atoms with van der Waals surface area (Å²) in [5, 5.41) is 84.3. The number of esters is 1. The minimum atomic E-state index is -2.50. The largest absolute Gasteiger partial charge is 0.481 e. The van der Waals surface area contributed by atoms with Crippen LogP contribution in [-0.2, 0) is 102 Å². The highest BCUT2D eigenvalue weighted by Gasteiger charge is 2.41. The van der Waals surface area contributed by atoms with Crippen LogP contribution in [0, 0.1) is 5.92 Å². The lowest BCUT2D eigenvalue weighted by atomic mass is 9.96. The van der Waals surface area contributed by atoms with E-state index in [0.717, 1.165) is 65.7 Å². The molecule has 2 aromatic carbocycles. The van der Waals surface area contributed by atoms with Gasteiger partial charge in [-0.1, -0.05) is 108 Å². The van der Waals surface area contributed by atoms with Crippen molar-refractivity contribution in [3.05, 3.63) is 65.9 Å². The molecular formula is C81H120N20O27. The fourth-order valence-corrected chi connectivity index (χ4v) is 13.2. The summed E-state index contributed by atoms with van der Waals surface area (Å²) in [4.78, 5) is 292. The Labute approximate surface area is 735 Å². The Morgan fingerprint density at radius 3 is 1.66 bits per heavy atom. The zero-order chi connectivity index (χ0) is 95.3. The topological polar surface area (TPSA) is 769 Å². The number of aromatic amines is 1. The van der Waals surface area contributed by atoms with Gasteiger partial charge in [0.1, 0.15) is 72.6 Å². The normalized spacial score (nSPS) is 20.4. The molecule has 47 heteroatoms. The second-order valence-corrected chi connectivity index (χ2v) is 30.8. The summed E-state index contributed by atoms with van der Waals surface area (Å²) in [6.07, 6.45) is 2.29. The summed E-state index contributed by atoms with van der Waals surface area (Å²) in [6.45, 7) is 1.41. The van der Waals surface area contributed by atoms with Crippen molar-refractivity contribution in [2.45, 2.75) is 248 Å². The smallest absolute Gasteiger partial charge is 0.329 e. The van der Waals surface area contributed by atoms with E-state index in [1.54, 1.807) is 30.5 Å². The van der Waals surface area contributed by atoms with Crippen molar-refractivity contribution in [1.82, 2.24) is 84.7 Å². The van der Waals surface area contributed by atoms with Gasteiger partial charge in [-0.05, 0) is 82.2 Å². The monoisotopic (exact) mass is 1800 g/mol. The number of aromatic nitrogens is 1. The second kappa shape index (κ2) is 55.8. The first-order valence-electron chi connectivity index (χ1n) is 41.9. The standard InChI is InChI=1S/C81H120N20O27/c1-5-6-7-8-9-10-11-12-13-20-29-87-81(127)99-52(32-45-38-88-50-26-17-15-22-46(45)50)74(120)95-53(34-60(85)104)75(121)97-56(37-66(113)114)76(122)101-68-44(4)128-80(126)57(33-59(103)47-23-14-16-24-48(47)83)98-79(125)67(42(2)31-63(107)108)100-77(123)58(41-102)93-62(106)39-89-71(117)54(35-64(109)110)94-69(115)43(3)91-73(119)55(36-65(111)112)96-72(118)51(92-61(105)40-90-78(68)124)27-21-30-86-70(116)49(84)25-18-19-28-82/h14-17,22-24,26,38,42-44,49,51-58,67-68,88,102H,5-13,18-21,25,27-37,39-41,82-84H2,1-4H3,(H2,85,104)(H,86,116)(H,89,117)(H,90,124)(H,91,119)(H,92,105)(H,93,106)(H,94,115)(H,95,120)(H,96,118)(H,97,121)(H,98,125)(H,100,123)(H,101,122)(H,107,108)(H,109,110)(H,111,112)(H,113,114)(H2,87,99,127). The molecule has 0 aliphatic carbocycles. The third-order valence-corrected chi connectivity index (χ3v) is 20.2. The number of anilines is 1. The summed E-state index contributed by atoms with van der Waals surface area (Å²) < 4.78 is 5.72. The van der Waals surface area contributed by atoms with Crippen LogP contribution in [0.2, 0.25) is 0 Å². The number of ketones is 1. The molecule has 1 aliphatic heterocycles. The fourth-order valence-electron chi connectivity index (χ4n) is 13.2. The second-order valence-electron chi connectivity index (χ2n) is 30.8. The number of cyclic esters (lactones) is 1. The summed E-state index contributed by atoms with van der Waals surface area (Å²) in [5.41, 5.74) is 24.0. The molecule has 3 aromatic rings. The molecule has 14 atom stereocenters. The van der Waals surface area contributed by atoms with Gasteiger partial charge in [-0.3, -0.25) is 91.1 Å². The van der Waals surface area contributed by atoms with E-state index >= 15 is 0 Å². The van der Waals surface area contributed by atoms with Gasteiger partial charge in [0.05, 0.1) is 57.8 Å². The number of aliphatic hydroxyl groups excluding tert-OH is 1. The number of urea groups is 1. The Morgan fingerprint density at radius 1 is 0.523 bits per heavy atom. The molecule has 47 nitrogen and oxygen atoms in total. The van der Waals surface area contributed by atoms with Gasteiger partial charge in [-0.15, -0.1) is 0 Å². The number of fused-ring (bicyclic) bond motifs is 1. The van der Waals surface area contributed by atoms with Crippen LogP contribution >= 0.6 is 0 Å². The zero-order valence-electron chi connectivity index (χ0n) is 71.6. The van der Waals surface area contributed by atoms with E-state index in [0.29, 0.717) is 42.3 Å². The minimum absolute atomic E-state index is 0.187. The average Bonchev–Trinajstić information content (AvgIpc) is 1.71. The highest BCUT2D eigenvalue weighted by atomic mass is 16.5. The number of hydrogen-bond donors (Lipinski definition) is 25. The summed E-state index contributed by atoms with van der Waals surface area (Å²) >= 11 is 0. The number of H-pyrrole nitrogens is 1. The lowest BCUT2D eigenvalue weighted by Gasteiger charge is -2.30. The molecule has 0 saturated carbocycles. The number of benzene rings is 2. The van der Waals surface area contributed by atoms with Gasteiger partial charge in [0.2, 0.25) is 82.7 Å². The summed E-state index contributed by atoms with van der Waals surface area (Å²) in [5.74, 6) is -30.5. The number of carboxylic acids is 4. The van der Waals surface area contributed by atoms with E-state index in [9.17, 15) is 126 Å². The third-order valence-electron chi connectivity index (χ3n) is 20.2. The Morgan fingerprint density at radius 2 is 1.06 bits per heavy atom. The average molecular weight is 1810 g/mol. The summed E-state index contributed by atoms with van der Waals surface area (Å²) in [7, 11) is 0. The highest BCUT2D eigenvalue weighted by molar-refractivity contribution is 6.05. The molecule has 0 radical (unpaired) electrons. The van der Waals surface area contributed by atoms with Crippen molar-refractivity contribution >= 4 is 141 Å². The number of carbonyl (C=O) groups is 21. The number of carbonyl (C=O) groups excluding carboxylic acids is 17. The first-order valence-corrected chi connectivity index (χ1v) is 41.9. The van der Waals surface area contributed by atoms with Crippen LogP contribution < -0.4 is 103 Å². The van der Waals surface area contributed by atoms with Crippen LogP contribution in [0.1, 0.15) is 178 Å². The zero-order valence-corrected chi connectivity index (χ0v) is 71.6. The number of hydrogen-bond acceptors (Lipinski definition) is 26. The SMILES string of the molecule is CCCCCCCCCCCCNC(=O)NC(Cc1c[nH]c2ccccc12)C(=O)NC(CC(N)=O)C(=O)NC(CC(=O)O)C(=O)NC1C(=O)NCC(=O)NC(CCCNC(=O)C(N)CCCCN)C(=O)NC(CC(=O)O)C(=O)NC(C)C(=O)NC(CC(=O)O)C(=O)NCC(=O)NC(CO)C(=O)NC(C(C)CC(=O)O)C(=O)NC(CC(=O)c2ccccc2N)C(=O)OC1C. The van der Waals surface area contributed by atoms with Gasteiger partial charge in [-0.25, -0.2) is 9.59 Å². The molecule has 0 spiro atoms. The number of aliphatic carboxylic acids is 4. The van der Waals surface area contributed by atoms with Crippen molar-refractivity contribution in [3.8, 4) is 0 Å². The van der Waals surface area contributed by atoms with Crippen LogP contribution in [0.3, 0.4) is 0 Å². The van der Waals surface area contributed by atoms with Crippen LogP contribution in [-0.4, -0.2) is 273 Å². The Balaban J connectivity index is 1.90. The first kappa shape index (κ1) is 107. The lowest BCUT2D eigenvalue weighted by Crippen LogP contribution is -2.62. The van der Waals surface area contributed by atoms with Crippen LogP contribution in [0.15, 0.2) is 54.7 Å². The van der Waals surface area contributed by atoms with Crippen LogP contribution in [0.5, 0.6) is 0 Å². The molecule has 1 aliphatic rings. The van der Waals surface area contributed by atoms with Crippen molar-refractivity contribution in [1.29, 1.82) is 0 Å². The fraction of sp³-hybridized carbons (Fsp3) is 0.568. The molecule has 128 heavy (non-hydrogen) atoms. The number of para-hydroxylation sites is 2. The molecule has 706 valence electrons. The van der Waals surface area contributed by atoms with Crippen LogP contribution in [0.4, 0.5) is 10.5 Å². The number of Topliss-reactive ketones (excluding diaryl/α,β-unsaturated/α-hetero) is 1. The van der Waals surface area contributed by atoms with Crippen molar-refractivity contribution in [2.24, 2.45) is 23.1 Å². The number of carboxylic acid groups (broad SMARTS) is 4. The number of unbranched alkanes of at least 4 members (excludes halogenated alkanes) is 10. The molecule has 4 rings (SSSR count). The van der Waals surface area contributed by atoms with Gasteiger partial charge >= 0.3 is 35.9 Å². The quantitative estimate of drug-likeness (QED) is 0.0109. The maximum atomic E-state index is 15.0. The number of nitrogens with two attached hydrogens (primary N) is 4. The van der Waals surface area contributed by atoms with Gasteiger partial charge < -0.3 is 138 Å². The van der Waals surface area contributed by atoms with E-state index in [-0.39, 0.29) is 43.6 Å². The Bertz CT molecular complexity index is 4390. The number of primary amides is 1. The molecular weight excluding hydrogens is 1690 g/mol. The lowest BCUT2D eigenvalue weighted by molar-refractivity contribution is -0.156. The predicted molar refractivity (Wildman–Crippen MR) is 453 cm³/mol. The van der Waals surface area contributed by atoms with Crippen LogP contribution in [0.25, 0.3) is 10.9 Å². The van der Waals surface area contributed by atoms with Gasteiger partial charge in [0.25, 0.3) is 0 Å². The molecule has 1 saturated heterocycles. The maximum Gasteiger partial charge on any atom is 0.329 e. The maximum absolute atomic E-state index is 15.0. The predicted octanol–water partition coefficient (Wildman–Crippen LogP) is -5.04. The minimum Gasteiger partial charge on any atom is -0.481 e. The van der Waals surface area contributed by atoms with Gasteiger partial charge in [0.15, 0.2) is 5.78 Å². The number of aliphatic hydroxyl groups is 1. The van der Waals surface area contributed by atoms with Crippen molar-refractivity contribution in [3.63, 3.8) is 0 Å². The van der Waals surface area contributed by atoms with E-state index in [1.807, 2.05) is 16.0 Å². The van der Waals surface area contributed by atoms with Gasteiger partial charge in [0, 0.05) is 54.3 Å². The number of nitrogen functional groups attached to an aromatic ring is 1.